The molecule has 126 valence electrons. The van der Waals surface area contributed by atoms with Crippen molar-refractivity contribution in [2.45, 2.75) is 31.4 Å². The number of aliphatic hydroxyl groups excluding tert-OH is 1. The highest BCUT2D eigenvalue weighted by molar-refractivity contribution is 6.06. The van der Waals surface area contributed by atoms with Gasteiger partial charge in [-0.05, 0) is 37.5 Å². The van der Waals surface area contributed by atoms with Gasteiger partial charge in [0.15, 0.2) is 0 Å². The van der Waals surface area contributed by atoms with E-state index in [0.29, 0.717) is 0 Å². The van der Waals surface area contributed by atoms with Crippen molar-refractivity contribution in [1.82, 2.24) is 14.8 Å². The summed E-state index contributed by atoms with van der Waals surface area (Å²) < 4.78 is 0. The summed E-state index contributed by atoms with van der Waals surface area (Å²) in [7, 11) is 0. The summed E-state index contributed by atoms with van der Waals surface area (Å²) in [6.45, 7) is 3.13. The molecule has 1 aromatic carbocycles. The van der Waals surface area contributed by atoms with E-state index in [1.165, 1.54) is 0 Å². The van der Waals surface area contributed by atoms with Gasteiger partial charge in [0.05, 0.1) is 11.6 Å². The Balaban J connectivity index is 1.48. The number of amides is 1. The Morgan fingerprint density at radius 1 is 1.08 bits per heavy atom. The third-order valence-electron chi connectivity index (χ3n) is 5.39. The average molecular weight is 325 g/mol. The molecule has 2 atom stereocenters. The molecule has 2 unspecified atom stereocenters. The zero-order valence-corrected chi connectivity index (χ0v) is 13.8. The molecule has 1 aliphatic heterocycles. The van der Waals surface area contributed by atoms with Crippen molar-refractivity contribution < 1.29 is 9.90 Å². The average Bonchev–Trinajstić information content (AvgIpc) is 3.07. The lowest BCUT2D eigenvalue weighted by atomic mass is 10.1. The van der Waals surface area contributed by atoms with Crippen LogP contribution in [0.25, 0.3) is 10.9 Å². The number of pyridine rings is 1. The maximum atomic E-state index is 12.9. The van der Waals surface area contributed by atoms with Gasteiger partial charge in [-0.15, -0.1) is 0 Å². The number of hydrogen-bond acceptors (Lipinski definition) is 4. The van der Waals surface area contributed by atoms with E-state index in [1.807, 2.05) is 35.2 Å². The van der Waals surface area contributed by atoms with Crippen LogP contribution < -0.4 is 0 Å². The lowest BCUT2D eigenvalue weighted by molar-refractivity contribution is 0.0316. The van der Waals surface area contributed by atoms with Crippen LogP contribution in [0.3, 0.4) is 0 Å². The van der Waals surface area contributed by atoms with Crippen molar-refractivity contribution in [3.8, 4) is 0 Å². The van der Waals surface area contributed by atoms with E-state index in [-0.39, 0.29) is 18.1 Å². The Bertz CT molecular complexity index is 735. The van der Waals surface area contributed by atoms with E-state index in [0.717, 1.165) is 61.9 Å². The number of carbonyl (C=O) groups is 1. The first-order chi connectivity index (χ1) is 11.7. The van der Waals surface area contributed by atoms with Crippen molar-refractivity contribution in [2.24, 2.45) is 0 Å². The largest absolute Gasteiger partial charge is 0.391 e. The van der Waals surface area contributed by atoms with Crippen LogP contribution in [-0.2, 0) is 0 Å². The SMILES string of the molecule is O=C(c1cccc2ncccc12)N1CCN(C2CCCC2O)CC1. The molecule has 4 rings (SSSR count). The highest BCUT2D eigenvalue weighted by Gasteiger charge is 2.33. The normalized spacial score (nSPS) is 25.3. The fraction of sp³-hybridized carbons (Fsp3) is 0.474. The minimum absolute atomic E-state index is 0.0835. The number of hydrogen-bond donors (Lipinski definition) is 1. The zero-order chi connectivity index (χ0) is 16.5. The first-order valence-electron chi connectivity index (χ1n) is 8.79. The number of fused-ring (bicyclic) bond motifs is 1. The van der Waals surface area contributed by atoms with E-state index in [1.54, 1.807) is 6.20 Å². The third-order valence-corrected chi connectivity index (χ3v) is 5.39. The van der Waals surface area contributed by atoms with Crippen LogP contribution in [0.2, 0.25) is 0 Å². The highest BCUT2D eigenvalue weighted by atomic mass is 16.3. The summed E-state index contributed by atoms with van der Waals surface area (Å²) in [5.74, 6) is 0.0835. The smallest absolute Gasteiger partial charge is 0.254 e. The van der Waals surface area contributed by atoms with Gasteiger partial charge in [-0.2, -0.15) is 0 Å². The molecule has 0 spiro atoms. The van der Waals surface area contributed by atoms with Crippen LogP contribution in [0.5, 0.6) is 0 Å². The molecule has 2 aliphatic rings. The van der Waals surface area contributed by atoms with Gasteiger partial charge in [0, 0.05) is 49.4 Å². The molecule has 2 heterocycles. The van der Waals surface area contributed by atoms with Gasteiger partial charge in [0.1, 0.15) is 0 Å². The maximum Gasteiger partial charge on any atom is 0.254 e. The summed E-state index contributed by atoms with van der Waals surface area (Å²) in [5.41, 5.74) is 1.59. The molecule has 2 aromatic rings. The minimum Gasteiger partial charge on any atom is -0.391 e. The second kappa shape index (κ2) is 6.49. The molecule has 2 fully saturated rings. The van der Waals surface area contributed by atoms with Crippen LogP contribution in [0.1, 0.15) is 29.6 Å². The quantitative estimate of drug-likeness (QED) is 0.916. The van der Waals surface area contributed by atoms with E-state index < -0.39 is 0 Å². The summed E-state index contributed by atoms with van der Waals surface area (Å²) >= 11 is 0. The van der Waals surface area contributed by atoms with Crippen molar-refractivity contribution in [2.75, 3.05) is 26.2 Å². The summed E-state index contributed by atoms with van der Waals surface area (Å²) in [6.07, 6.45) is 4.64. The molecule has 1 N–H and O–H groups in total. The number of rotatable bonds is 2. The van der Waals surface area contributed by atoms with Gasteiger partial charge in [-0.3, -0.25) is 14.7 Å². The number of carbonyl (C=O) groups excluding carboxylic acids is 1. The number of aliphatic hydroxyl groups is 1. The second-order valence-electron chi connectivity index (χ2n) is 6.77. The second-order valence-corrected chi connectivity index (χ2v) is 6.77. The molecule has 24 heavy (non-hydrogen) atoms. The molecule has 1 saturated carbocycles. The lowest BCUT2D eigenvalue weighted by Gasteiger charge is -2.39. The Hall–Kier alpha value is -1.98. The Labute approximate surface area is 141 Å². The summed E-state index contributed by atoms with van der Waals surface area (Å²) in [4.78, 5) is 21.6. The molecule has 1 aromatic heterocycles. The van der Waals surface area contributed by atoms with E-state index in [2.05, 4.69) is 9.88 Å². The summed E-state index contributed by atoms with van der Waals surface area (Å²) in [5, 5.41) is 11.0. The van der Waals surface area contributed by atoms with Crippen LogP contribution in [0.15, 0.2) is 36.5 Å². The first-order valence-corrected chi connectivity index (χ1v) is 8.79. The van der Waals surface area contributed by atoms with Gasteiger partial charge in [0.25, 0.3) is 5.91 Å². The van der Waals surface area contributed by atoms with Crippen LogP contribution in [0.4, 0.5) is 0 Å². The van der Waals surface area contributed by atoms with Crippen LogP contribution >= 0.6 is 0 Å². The standard InChI is InChI=1S/C19H23N3O2/c23-18-8-2-7-17(18)21-10-12-22(13-11-21)19(24)15-4-1-6-16-14(15)5-3-9-20-16/h1,3-6,9,17-18,23H,2,7-8,10-13H2. The van der Waals surface area contributed by atoms with Gasteiger partial charge in [0.2, 0.25) is 0 Å². The monoisotopic (exact) mass is 325 g/mol. The molecule has 0 bridgehead atoms. The number of aromatic nitrogens is 1. The minimum atomic E-state index is -0.198. The molecule has 5 nitrogen and oxygen atoms in total. The van der Waals surface area contributed by atoms with Crippen LogP contribution in [0, 0.1) is 0 Å². The highest BCUT2D eigenvalue weighted by Crippen LogP contribution is 2.26. The van der Waals surface area contributed by atoms with Gasteiger partial charge < -0.3 is 10.0 Å². The topological polar surface area (TPSA) is 56.7 Å². The number of piperazine rings is 1. The van der Waals surface area contributed by atoms with Crippen molar-refractivity contribution in [3.05, 3.63) is 42.1 Å². The molecule has 0 radical (unpaired) electrons. The van der Waals surface area contributed by atoms with E-state index in [9.17, 15) is 9.90 Å². The lowest BCUT2D eigenvalue weighted by Crippen LogP contribution is -2.53. The van der Waals surface area contributed by atoms with Crippen molar-refractivity contribution >= 4 is 16.8 Å². The maximum absolute atomic E-state index is 12.9. The first kappa shape index (κ1) is 15.5. The Morgan fingerprint density at radius 2 is 1.92 bits per heavy atom. The predicted molar refractivity (Wildman–Crippen MR) is 92.9 cm³/mol. The van der Waals surface area contributed by atoms with Gasteiger partial charge in [-0.25, -0.2) is 0 Å². The Morgan fingerprint density at radius 3 is 2.67 bits per heavy atom. The Kier molecular flexibility index (Phi) is 4.21. The van der Waals surface area contributed by atoms with E-state index in [4.69, 9.17) is 0 Å². The van der Waals surface area contributed by atoms with Crippen molar-refractivity contribution in [1.29, 1.82) is 0 Å². The van der Waals surface area contributed by atoms with Gasteiger partial charge in [-0.1, -0.05) is 12.1 Å². The fourth-order valence-electron chi connectivity index (χ4n) is 4.06. The van der Waals surface area contributed by atoms with Crippen molar-refractivity contribution in [3.63, 3.8) is 0 Å². The fourth-order valence-corrected chi connectivity index (χ4v) is 4.06. The molecule has 1 aliphatic carbocycles. The number of nitrogens with zero attached hydrogens (tertiary/aromatic N) is 3. The number of benzene rings is 1. The molecule has 5 heteroatoms. The van der Waals surface area contributed by atoms with Gasteiger partial charge >= 0.3 is 0 Å². The third kappa shape index (κ3) is 2.78. The van der Waals surface area contributed by atoms with E-state index >= 15 is 0 Å². The zero-order valence-electron chi connectivity index (χ0n) is 13.8. The van der Waals surface area contributed by atoms with Crippen LogP contribution in [-0.4, -0.2) is 64.1 Å². The summed E-state index contributed by atoms with van der Waals surface area (Å²) in [6, 6.07) is 9.83. The molecular formula is C19H23N3O2. The molecule has 1 amide bonds. The molecule has 1 saturated heterocycles. The molecular weight excluding hydrogens is 302 g/mol. The predicted octanol–water partition coefficient (Wildman–Crippen LogP) is 1.91.